The zero-order chi connectivity index (χ0) is 26.1. The van der Waals surface area contributed by atoms with Gasteiger partial charge in [0.05, 0.1) is 21.4 Å². The highest BCUT2D eigenvalue weighted by atomic mass is 127. The number of aromatic nitrogens is 1. The van der Waals surface area contributed by atoms with Crippen molar-refractivity contribution in [1.82, 2.24) is 10.3 Å². The van der Waals surface area contributed by atoms with Gasteiger partial charge in [-0.15, -0.1) is 0 Å². The van der Waals surface area contributed by atoms with Gasteiger partial charge in [0.2, 0.25) is 10.0 Å². The van der Waals surface area contributed by atoms with Crippen molar-refractivity contribution in [1.29, 1.82) is 0 Å². The number of nitrogens with one attached hydrogen (secondary N) is 2. The Kier molecular flexibility index (Phi) is 7.59. The number of alkyl halides is 3. The molecule has 1 amide bonds. The van der Waals surface area contributed by atoms with Crippen molar-refractivity contribution in [3.8, 4) is 11.8 Å². The number of amides is 1. The molecule has 3 rings (SSSR count). The highest BCUT2D eigenvalue weighted by Crippen LogP contribution is 2.35. The highest BCUT2D eigenvalue weighted by molar-refractivity contribution is 14.1. The fraction of sp³-hybridized carbons (Fsp3) is 0.200. The summed E-state index contributed by atoms with van der Waals surface area (Å²) >= 11 is 1.75. The van der Waals surface area contributed by atoms with Crippen LogP contribution in [0, 0.1) is 15.2 Å². The van der Waals surface area contributed by atoms with E-state index < -0.39 is 57.1 Å². The van der Waals surface area contributed by atoms with Gasteiger partial charge in [0.15, 0.2) is 17.3 Å². The molecule has 2 N–H and O–H groups in total. The molecule has 15 heteroatoms. The molecule has 0 saturated carbocycles. The van der Waals surface area contributed by atoms with Gasteiger partial charge in [0, 0.05) is 0 Å². The minimum Gasteiger partial charge on any atom is -0.416 e. The summed E-state index contributed by atoms with van der Waals surface area (Å²) < 4.78 is 102. The first-order valence-electron chi connectivity index (χ1n) is 9.42. The molecule has 1 aromatic heterocycles. The van der Waals surface area contributed by atoms with E-state index in [0.29, 0.717) is 3.57 Å². The number of nitrogens with zero attached hydrogens (tertiary/aromatic N) is 1. The monoisotopic (exact) mass is 631 g/mol. The lowest BCUT2D eigenvalue weighted by Crippen LogP contribution is -2.27. The minimum atomic E-state index is -4.60. The lowest BCUT2D eigenvalue weighted by Gasteiger charge is -2.15. The second-order valence-corrected chi connectivity index (χ2v) is 10.1. The van der Waals surface area contributed by atoms with Gasteiger partial charge in [-0.05, 0) is 65.4 Å². The van der Waals surface area contributed by atoms with Crippen LogP contribution in [0.5, 0.6) is 11.8 Å². The van der Waals surface area contributed by atoms with Crippen molar-refractivity contribution in [2.75, 3.05) is 11.0 Å². The number of hydrogen-bond acceptors (Lipinski definition) is 6. The molecule has 0 aliphatic rings. The minimum absolute atomic E-state index is 0.0223. The average molecular weight is 631 g/mol. The van der Waals surface area contributed by atoms with E-state index in [1.54, 1.807) is 27.3 Å². The van der Waals surface area contributed by atoms with Gasteiger partial charge in [-0.25, -0.2) is 17.2 Å². The number of rotatable bonds is 7. The Morgan fingerprint density at radius 3 is 2.37 bits per heavy atom. The van der Waals surface area contributed by atoms with Gasteiger partial charge >= 0.3 is 12.3 Å². The summed E-state index contributed by atoms with van der Waals surface area (Å²) in [5.74, 6) is -3.43. The zero-order valence-electron chi connectivity index (χ0n) is 17.7. The Morgan fingerprint density at radius 1 is 1.17 bits per heavy atom. The summed E-state index contributed by atoms with van der Waals surface area (Å²) in [5, 5.41) is 2.41. The summed E-state index contributed by atoms with van der Waals surface area (Å²) in [4.78, 5) is 16.2. The van der Waals surface area contributed by atoms with Crippen LogP contribution in [0.3, 0.4) is 0 Å². The summed E-state index contributed by atoms with van der Waals surface area (Å²) in [5.41, 5.74) is -2.16. The van der Waals surface area contributed by atoms with E-state index in [1.807, 2.05) is 0 Å². The van der Waals surface area contributed by atoms with Gasteiger partial charge in [-0.2, -0.15) is 18.2 Å². The van der Waals surface area contributed by atoms with Crippen LogP contribution in [0.1, 0.15) is 34.6 Å². The first-order chi connectivity index (χ1) is 16.1. The second kappa shape index (κ2) is 9.96. The quantitative estimate of drug-likeness (QED) is 0.273. The van der Waals surface area contributed by atoms with Crippen molar-refractivity contribution in [3.05, 3.63) is 68.6 Å². The van der Waals surface area contributed by atoms with Crippen molar-refractivity contribution in [2.24, 2.45) is 0 Å². The van der Waals surface area contributed by atoms with Crippen LogP contribution < -0.4 is 14.8 Å². The highest BCUT2D eigenvalue weighted by Gasteiger charge is 2.31. The second-order valence-electron chi connectivity index (χ2n) is 7.17. The molecule has 0 aliphatic carbocycles. The maximum atomic E-state index is 14.2. The molecule has 0 aliphatic heterocycles. The third kappa shape index (κ3) is 6.81. The third-order valence-electron chi connectivity index (χ3n) is 4.37. The fourth-order valence-corrected chi connectivity index (χ4v) is 3.75. The van der Waals surface area contributed by atoms with Gasteiger partial charge in [0.1, 0.15) is 17.7 Å². The number of halogens is 6. The van der Waals surface area contributed by atoms with Crippen LogP contribution in [0.15, 0.2) is 41.0 Å². The Labute approximate surface area is 209 Å². The van der Waals surface area contributed by atoms with Gasteiger partial charge < -0.3 is 14.5 Å². The van der Waals surface area contributed by atoms with Crippen molar-refractivity contribution >= 4 is 44.2 Å². The molecule has 1 atom stereocenters. The topological polar surface area (TPSA) is 111 Å². The Morgan fingerprint density at radius 2 is 1.80 bits per heavy atom. The standard InChI is InChI=1S/C20H15F5IN3O5S/c1-9(10-5-12(21)17(13(22)6-10)29-35(2,31)32)27-18(30)15-8-33-19(28-15)34-16-7-11(20(23,24)25)3-4-14(16)26/h3-9,29H,1-2H3,(H,27,30)/t9-/m1/s1. The normalized spacial score (nSPS) is 12.8. The van der Waals surface area contributed by atoms with Crippen LogP contribution in [0.4, 0.5) is 27.6 Å². The van der Waals surface area contributed by atoms with E-state index in [0.717, 1.165) is 36.8 Å². The molecule has 0 bridgehead atoms. The lowest BCUT2D eigenvalue weighted by molar-refractivity contribution is -0.137. The van der Waals surface area contributed by atoms with Crippen molar-refractivity contribution in [3.63, 3.8) is 0 Å². The molecule has 0 unspecified atom stereocenters. The lowest BCUT2D eigenvalue weighted by atomic mass is 10.1. The first kappa shape index (κ1) is 26.7. The Bertz CT molecular complexity index is 1350. The van der Waals surface area contributed by atoms with E-state index in [1.165, 1.54) is 13.0 Å². The van der Waals surface area contributed by atoms with Crippen LogP contribution in [-0.4, -0.2) is 25.6 Å². The number of carbonyl (C=O) groups is 1. The number of sulfonamides is 1. The number of anilines is 1. The summed E-state index contributed by atoms with van der Waals surface area (Å²) in [7, 11) is -3.93. The molecule has 3 aromatic rings. The molecule has 1 heterocycles. The maximum absolute atomic E-state index is 14.2. The van der Waals surface area contributed by atoms with E-state index in [-0.39, 0.29) is 17.0 Å². The first-order valence-corrected chi connectivity index (χ1v) is 12.4. The smallest absolute Gasteiger partial charge is 0.416 e. The molecule has 35 heavy (non-hydrogen) atoms. The van der Waals surface area contributed by atoms with Crippen LogP contribution in [0.2, 0.25) is 0 Å². The van der Waals surface area contributed by atoms with Gasteiger partial charge in [0.25, 0.3) is 5.91 Å². The third-order valence-corrected chi connectivity index (χ3v) is 5.84. The summed E-state index contributed by atoms with van der Waals surface area (Å²) in [6.45, 7) is 1.40. The molecule has 0 radical (unpaired) electrons. The zero-order valence-corrected chi connectivity index (χ0v) is 20.7. The maximum Gasteiger partial charge on any atom is 0.416 e. The molecule has 0 saturated heterocycles. The number of ether oxygens (including phenoxy) is 1. The van der Waals surface area contributed by atoms with Gasteiger partial charge in [-0.3, -0.25) is 9.52 Å². The van der Waals surface area contributed by atoms with Crippen molar-refractivity contribution in [2.45, 2.75) is 19.1 Å². The molecule has 8 nitrogen and oxygen atoms in total. The molecule has 0 spiro atoms. The molecule has 188 valence electrons. The Balaban J connectivity index is 1.73. The summed E-state index contributed by atoms with van der Waals surface area (Å²) in [6, 6.07) is 3.54. The molecule has 0 fully saturated rings. The molecule has 2 aromatic carbocycles. The van der Waals surface area contributed by atoms with Gasteiger partial charge in [-0.1, -0.05) is 0 Å². The number of carbonyl (C=O) groups excluding carboxylic acids is 1. The van der Waals surface area contributed by atoms with Crippen LogP contribution >= 0.6 is 22.6 Å². The SMILES string of the molecule is C[C@@H](NC(=O)c1coc(Oc2cc(C(F)(F)F)ccc2I)n1)c1cc(F)c(NS(C)(=O)=O)c(F)c1. The number of benzene rings is 2. The largest absolute Gasteiger partial charge is 0.416 e. The average Bonchev–Trinajstić information content (AvgIpc) is 3.19. The number of oxazole rings is 1. The van der Waals surface area contributed by atoms with E-state index in [2.05, 4.69) is 10.3 Å². The Hall–Kier alpha value is -2.95. The molecular weight excluding hydrogens is 616 g/mol. The fourth-order valence-electron chi connectivity index (χ4n) is 2.74. The van der Waals surface area contributed by atoms with E-state index in [4.69, 9.17) is 9.15 Å². The predicted octanol–water partition coefficient (Wildman–Crippen LogP) is 5.23. The summed E-state index contributed by atoms with van der Waals surface area (Å²) in [6.07, 6.45) is -3.49. The van der Waals surface area contributed by atoms with Crippen LogP contribution in [-0.2, 0) is 16.2 Å². The van der Waals surface area contributed by atoms with Crippen LogP contribution in [0.25, 0.3) is 0 Å². The van der Waals surface area contributed by atoms with Crippen molar-refractivity contribution < 1.29 is 44.3 Å². The number of hydrogen-bond donors (Lipinski definition) is 2. The van der Waals surface area contributed by atoms with E-state index in [9.17, 15) is 35.2 Å². The predicted molar refractivity (Wildman–Crippen MR) is 121 cm³/mol. The van der Waals surface area contributed by atoms with E-state index >= 15 is 0 Å². The molecular formula is C20H15F5IN3O5S.